The van der Waals surface area contributed by atoms with Gasteiger partial charge in [0.25, 0.3) is 0 Å². The number of unbranched alkanes of at least 4 members (excludes halogenated alkanes) is 11. The van der Waals surface area contributed by atoms with Crippen LogP contribution in [0, 0.1) is 0 Å². The van der Waals surface area contributed by atoms with E-state index in [1.54, 1.807) is 0 Å². The molecule has 1 unspecified atom stereocenters. The number of carbonyl (C=O) groups excluding carboxylic acids is 1. The van der Waals surface area contributed by atoms with Gasteiger partial charge in [-0.3, -0.25) is 4.79 Å². The number of rotatable bonds is 17. The van der Waals surface area contributed by atoms with Crippen LogP contribution in [0.3, 0.4) is 0 Å². The summed E-state index contributed by atoms with van der Waals surface area (Å²) in [6.07, 6.45) is 18.6. The summed E-state index contributed by atoms with van der Waals surface area (Å²) in [5.41, 5.74) is 5.08. The Morgan fingerprint density at radius 2 is 1.18 bits per heavy atom. The summed E-state index contributed by atoms with van der Waals surface area (Å²) in [6.45, 7) is 2.26. The van der Waals surface area contributed by atoms with E-state index in [0.29, 0.717) is 12.8 Å². The number of nitrogens with two attached hydrogens (primary N) is 1. The normalized spacial score (nSPS) is 12.5. The first-order valence-corrected chi connectivity index (χ1v) is 9.63. The predicted octanol–water partition coefficient (Wildman–Crippen LogP) is 5.09. The van der Waals surface area contributed by atoms with Crippen molar-refractivity contribution in [1.82, 2.24) is 0 Å². The highest BCUT2D eigenvalue weighted by Gasteiger charge is 2.04. The van der Waals surface area contributed by atoms with Gasteiger partial charge in [-0.2, -0.15) is 0 Å². The van der Waals surface area contributed by atoms with Gasteiger partial charge in [0.1, 0.15) is 0 Å². The maximum atomic E-state index is 10.6. The maximum Gasteiger partial charge on any atom is 0.217 e. The zero-order valence-corrected chi connectivity index (χ0v) is 14.8. The summed E-state index contributed by atoms with van der Waals surface area (Å²) in [4.78, 5) is 10.6. The molecule has 0 aromatic rings. The molecule has 0 spiro atoms. The first kappa shape index (κ1) is 21.4. The molecule has 0 radical (unpaired) electrons. The van der Waals surface area contributed by atoms with Crippen LogP contribution < -0.4 is 5.73 Å². The SMILES string of the molecule is CCCCCCCCCCCCCCC(O)CCCC(N)=O. The van der Waals surface area contributed by atoms with Crippen LogP contribution in [-0.2, 0) is 4.79 Å². The summed E-state index contributed by atoms with van der Waals surface area (Å²) < 4.78 is 0. The van der Waals surface area contributed by atoms with Gasteiger partial charge in [0.15, 0.2) is 0 Å². The molecule has 0 bridgehead atoms. The Balaban J connectivity index is 3.11. The van der Waals surface area contributed by atoms with E-state index < -0.39 is 0 Å². The third-order valence-electron chi connectivity index (χ3n) is 4.35. The Morgan fingerprint density at radius 1 is 0.773 bits per heavy atom. The molecule has 132 valence electrons. The average molecular weight is 314 g/mol. The van der Waals surface area contributed by atoms with Crippen LogP contribution in [0.5, 0.6) is 0 Å². The van der Waals surface area contributed by atoms with Gasteiger partial charge in [-0.25, -0.2) is 0 Å². The Labute approximate surface area is 138 Å². The molecule has 3 nitrogen and oxygen atoms in total. The molecular weight excluding hydrogens is 274 g/mol. The van der Waals surface area contributed by atoms with Crippen molar-refractivity contribution in [3.8, 4) is 0 Å². The lowest BCUT2D eigenvalue weighted by atomic mass is 10.0. The van der Waals surface area contributed by atoms with Crippen LogP contribution in [0.2, 0.25) is 0 Å². The van der Waals surface area contributed by atoms with Crippen molar-refractivity contribution in [1.29, 1.82) is 0 Å². The van der Waals surface area contributed by atoms with Crippen molar-refractivity contribution < 1.29 is 9.90 Å². The molecular formula is C19H39NO2. The molecule has 0 saturated carbocycles. The van der Waals surface area contributed by atoms with E-state index in [9.17, 15) is 9.90 Å². The molecule has 0 saturated heterocycles. The summed E-state index contributed by atoms with van der Waals surface area (Å²) in [5, 5.41) is 9.77. The van der Waals surface area contributed by atoms with Gasteiger partial charge in [-0.15, -0.1) is 0 Å². The zero-order chi connectivity index (χ0) is 16.5. The largest absolute Gasteiger partial charge is 0.393 e. The number of primary amides is 1. The predicted molar refractivity (Wildman–Crippen MR) is 94.7 cm³/mol. The summed E-state index contributed by atoms with van der Waals surface area (Å²) in [5.74, 6) is -0.266. The molecule has 22 heavy (non-hydrogen) atoms. The van der Waals surface area contributed by atoms with Crippen LogP contribution in [0.25, 0.3) is 0 Å². The summed E-state index contributed by atoms with van der Waals surface area (Å²) in [6, 6.07) is 0. The molecule has 0 fully saturated rings. The minimum Gasteiger partial charge on any atom is -0.393 e. The molecule has 3 N–H and O–H groups in total. The average Bonchev–Trinajstić information content (AvgIpc) is 2.48. The smallest absolute Gasteiger partial charge is 0.217 e. The Hall–Kier alpha value is -0.570. The molecule has 0 aliphatic carbocycles. The van der Waals surface area contributed by atoms with Crippen LogP contribution in [0.1, 0.15) is 110 Å². The molecule has 0 heterocycles. The highest BCUT2D eigenvalue weighted by Crippen LogP contribution is 2.14. The second-order valence-electron chi connectivity index (χ2n) is 6.69. The molecule has 0 rings (SSSR count). The van der Waals surface area contributed by atoms with Gasteiger partial charge in [-0.05, 0) is 19.3 Å². The quantitative estimate of drug-likeness (QED) is 0.367. The monoisotopic (exact) mass is 313 g/mol. The van der Waals surface area contributed by atoms with E-state index >= 15 is 0 Å². The molecule has 1 atom stereocenters. The minimum atomic E-state index is -0.266. The fourth-order valence-electron chi connectivity index (χ4n) is 2.88. The Morgan fingerprint density at radius 3 is 1.64 bits per heavy atom. The van der Waals surface area contributed by atoms with Crippen LogP contribution >= 0.6 is 0 Å². The van der Waals surface area contributed by atoms with E-state index in [0.717, 1.165) is 19.3 Å². The van der Waals surface area contributed by atoms with Gasteiger partial charge < -0.3 is 10.8 Å². The minimum absolute atomic E-state index is 0.248. The van der Waals surface area contributed by atoms with Crippen LogP contribution in [0.15, 0.2) is 0 Å². The van der Waals surface area contributed by atoms with Gasteiger partial charge in [0, 0.05) is 6.42 Å². The fraction of sp³-hybridized carbons (Fsp3) is 0.947. The topological polar surface area (TPSA) is 63.3 Å². The van der Waals surface area contributed by atoms with Crippen molar-refractivity contribution in [2.75, 3.05) is 0 Å². The van der Waals surface area contributed by atoms with Gasteiger partial charge >= 0.3 is 0 Å². The van der Waals surface area contributed by atoms with Gasteiger partial charge in [0.2, 0.25) is 5.91 Å². The lowest BCUT2D eigenvalue weighted by Gasteiger charge is -2.09. The second kappa shape index (κ2) is 16.8. The molecule has 0 aliphatic heterocycles. The summed E-state index contributed by atoms with van der Waals surface area (Å²) >= 11 is 0. The highest BCUT2D eigenvalue weighted by molar-refractivity contribution is 5.73. The lowest BCUT2D eigenvalue weighted by Crippen LogP contribution is -2.12. The van der Waals surface area contributed by atoms with Crippen molar-refractivity contribution in [2.24, 2.45) is 5.73 Å². The number of aliphatic hydroxyl groups is 1. The van der Waals surface area contributed by atoms with E-state index in [1.165, 1.54) is 70.6 Å². The number of aliphatic hydroxyl groups excluding tert-OH is 1. The highest BCUT2D eigenvalue weighted by atomic mass is 16.3. The van der Waals surface area contributed by atoms with Crippen molar-refractivity contribution >= 4 is 5.91 Å². The number of carbonyl (C=O) groups is 1. The van der Waals surface area contributed by atoms with Crippen molar-refractivity contribution in [3.05, 3.63) is 0 Å². The molecule has 0 aliphatic rings. The van der Waals surface area contributed by atoms with Crippen LogP contribution in [0.4, 0.5) is 0 Å². The number of hydrogen-bond acceptors (Lipinski definition) is 2. The first-order chi connectivity index (χ1) is 10.7. The number of amides is 1. The standard InChI is InChI=1S/C19H39NO2/c1-2-3-4-5-6-7-8-9-10-11-12-13-15-18(21)16-14-17-19(20)22/h18,21H,2-17H2,1H3,(H2,20,22). The second-order valence-corrected chi connectivity index (χ2v) is 6.69. The lowest BCUT2D eigenvalue weighted by molar-refractivity contribution is -0.118. The molecule has 1 amide bonds. The first-order valence-electron chi connectivity index (χ1n) is 9.63. The van der Waals surface area contributed by atoms with E-state index in [1.807, 2.05) is 0 Å². The van der Waals surface area contributed by atoms with Gasteiger partial charge in [-0.1, -0.05) is 84.0 Å². The fourth-order valence-corrected chi connectivity index (χ4v) is 2.88. The van der Waals surface area contributed by atoms with Crippen molar-refractivity contribution in [3.63, 3.8) is 0 Å². The van der Waals surface area contributed by atoms with Gasteiger partial charge in [0.05, 0.1) is 6.10 Å². The van der Waals surface area contributed by atoms with Crippen molar-refractivity contribution in [2.45, 2.75) is 116 Å². The molecule has 3 heteroatoms. The van der Waals surface area contributed by atoms with E-state index in [-0.39, 0.29) is 12.0 Å². The third-order valence-corrected chi connectivity index (χ3v) is 4.35. The maximum absolute atomic E-state index is 10.6. The number of hydrogen-bond donors (Lipinski definition) is 2. The molecule has 0 aromatic carbocycles. The Bertz CT molecular complexity index is 244. The Kier molecular flexibility index (Phi) is 16.4. The van der Waals surface area contributed by atoms with E-state index in [4.69, 9.17) is 5.73 Å². The third kappa shape index (κ3) is 17.5. The van der Waals surface area contributed by atoms with Crippen LogP contribution in [-0.4, -0.2) is 17.1 Å². The molecule has 0 aromatic heterocycles. The van der Waals surface area contributed by atoms with E-state index in [2.05, 4.69) is 6.92 Å². The zero-order valence-electron chi connectivity index (χ0n) is 14.8. The summed E-state index contributed by atoms with van der Waals surface area (Å²) in [7, 11) is 0.